The van der Waals surface area contributed by atoms with Gasteiger partial charge in [0.15, 0.2) is 0 Å². The summed E-state index contributed by atoms with van der Waals surface area (Å²) in [6, 6.07) is 0. The molecular formula is C15H31NO. The van der Waals surface area contributed by atoms with Crippen LogP contribution in [0.3, 0.4) is 0 Å². The number of hydrogen-bond acceptors (Lipinski definition) is 2. The monoisotopic (exact) mass is 241 g/mol. The molecule has 0 aromatic carbocycles. The molecule has 0 spiro atoms. The average molecular weight is 241 g/mol. The Hall–Kier alpha value is -0.0800. The molecule has 0 heterocycles. The lowest BCUT2D eigenvalue weighted by Crippen LogP contribution is -2.22. The van der Waals surface area contributed by atoms with Crippen LogP contribution in [0.4, 0.5) is 0 Å². The maximum absolute atomic E-state index is 8.66. The summed E-state index contributed by atoms with van der Waals surface area (Å²) in [5.74, 6) is 1.95. The van der Waals surface area contributed by atoms with Crippen LogP contribution in [0, 0.1) is 11.8 Å². The number of aliphatic hydroxyl groups excluding tert-OH is 1. The molecule has 1 saturated carbocycles. The van der Waals surface area contributed by atoms with Crippen LogP contribution >= 0.6 is 0 Å². The van der Waals surface area contributed by atoms with E-state index in [0.717, 1.165) is 24.8 Å². The van der Waals surface area contributed by atoms with E-state index in [1.54, 1.807) is 0 Å². The van der Waals surface area contributed by atoms with Crippen molar-refractivity contribution < 1.29 is 5.11 Å². The molecule has 1 fully saturated rings. The number of unbranched alkanes of at least 4 members (excludes halogenated alkanes) is 3. The van der Waals surface area contributed by atoms with Crippen molar-refractivity contribution in [3.63, 3.8) is 0 Å². The minimum Gasteiger partial charge on any atom is -0.396 e. The maximum atomic E-state index is 8.66. The second-order valence-electron chi connectivity index (χ2n) is 5.81. The molecule has 0 amide bonds. The summed E-state index contributed by atoms with van der Waals surface area (Å²) in [5, 5.41) is 12.2. The first kappa shape index (κ1) is 15.0. The van der Waals surface area contributed by atoms with Gasteiger partial charge in [0.1, 0.15) is 0 Å². The fourth-order valence-corrected chi connectivity index (χ4v) is 2.97. The SMILES string of the molecule is CC1CCCC(CCNCCCCCCO)C1. The molecule has 0 aromatic rings. The van der Waals surface area contributed by atoms with Crippen molar-refractivity contribution in [2.75, 3.05) is 19.7 Å². The van der Waals surface area contributed by atoms with Crippen molar-refractivity contribution in [1.82, 2.24) is 5.32 Å². The Morgan fingerprint density at radius 1 is 1.06 bits per heavy atom. The molecule has 2 heteroatoms. The Morgan fingerprint density at radius 3 is 2.65 bits per heavy atom. The van der Waals surface area contributed by atoms with Crippen LogP contribution in [-0.4, -0.2) is 24.8 Å². The molecule has 0 aromatic heterocycles. The molecule has 2 atom stereocenters. The third kappa shape index (κ3) is 7.77. The van der Waals surface area contributed by atoms with Crippen LogP contribution in [0.15, 0.2) is 0 Å². The lowest BCUT2D eigenvalue weighted by Gasteiger charge is -2.26. The first-order valence-electron chi connectivity index (χ1n) is 7.64. The van der Waals surface area contributed by atoms with Gasteiger partial charge in [-0.05, 0) is 50.6 Å². The van der Waals surface area contributed by atoms with Crippen molar-refractivity contribution >= 4 is 0 Å². The van der Waals surface area contributed by atoms with Crippen LogP contribution in [0.5, 0.6) is 0 Å². The summed E-state index contributed by atoms with van der Waals surface area (Å²) < 4.78 is 0. The summed E-state index contributed by atoms with van der Waals surface area (Å²) >= 11 is 0. The van der Waals surface area contributed by atoms with E-state index in [2.05, 4.69) is 12.2 Å². The molecule has 0 radical (unpaired) electrons. The smallest absolute Gasteiger partial charge is 0.0431 e. The van der Waals surface area contributed by atoms with Gasteiger partial charge >= 0.3 is 0 Å². The van der Waals surface area contributed by atoms with E-state index >= 15 is 0 Å². The van der Waals surface area contributed by atoms with E-state index in [-0.39, 0.29) is 0 Å². The maximum Gasteiger partial charge on any atom is 0.0431 e. The highest BCUT2D eigenvalue weighted by Crippen LogP contribution is 2.30. The lowest BCUT2D eigenvalue weighted by molar-refractivity contribution is 0.267. The standard InChI is InChI=1S/C15H31NO/c1-14-7-6-8-15(13-14)9-11-16-10-4-2-3-5-12-17/h14-17H,2-13H2,1H3. The molecule has 2 nitrogen and oxygen atoms in total. The highest BCUT2D eigenvalue weighted by atomic mass is 16.2. The highest BCUT2D eigenvalue weighted by Gasteiger charge is 2.17. The highest BCUT2D eigenvalue weighted by molar-refractivity contribution is 4.71. The van der Waals surface area contributed by atoms with Gasteiger partial charge in [-0.1, -0.05) is 39.0 Å². The average Bonchev–Trinajstić information content (AvgIpc) is 2.33. The minimum absolute atomic E-state index is 0.354. The van der Waals surface area contributed by atoms with Crippen LogP contribution in [0.2, 0.25) is 0 Å². The normalized spacial score (nSPS) is 25.1. The largest absolute Gasteiger partial charge is 0.396 e. The minimum atomic E-state index is 0.354. The second kappa shape index (κ2) is 9.90. The number of rotatable bonds is 9. The summed E-state index contributed by atoms with van der Waals surface area (Å²) in [7, 11) is 0. The van der Waals surface area contributed by atoms with E-state index in [1.807, 2.05) is 0 Å². The van der Waals surface area contributed by atoms with E-state index in [0.29, 0.717) is 6.61 Å². The van der Waals surface area contributed by atoms with Crippen LogP contribution in [0.1, 0.15) is 64.7 Å². The molecule has 1 aliphatic carbocycles. The molecule has 17 heavy (non-hydrogen) atoms. The molecule has 0 saturated heterocycles. The number of hydrogen-bond donors (Lipinski definition) is 2. The Labute approximate surface area is 107 Å². The quantitative estimate of drug-likeness (QED) is 0.607. The fourth-order valence-electron chi connectivity index (χ4n) is 2.97. The summed E-state index contributed by atoms with van der Waals surface area (Å²) in [4.78, 5) is 0. The molecule has 1 rings (SSSR count). The zero-order valence-corrected chi connectivity index (χ0v) is 11.6. The molecule has 0 aliphatic heterocycles. The number of nitrogens with one attached hydrogen (secondary N) is 1. The van der Waals surface area contributed by atoms with Gasteiger partial charge in [0.25, 0.3) is 0 Å². The van der Waals surface area contributed by atoms with Crippen LogP contribution in [-0.2, 0) is 0 Å². The summed E-state index contributed by atoms with van der Waals surface area (Å²) in [5.41, 5.74) is 0. The predicted molar refractivity (Wildman–Crippen MR) is 74.2 cm³/mol. The summed E-state index contributed by atoms with van der Waals surface area (Å²) in [6.45, 7) is 5.12. The summed E-state index contributed by atoms with van der Waals surface area (Å²) in [6.07, 6.45) is 11.9. The third-order valence-corrected chi connectivity index (χ3v) is 4.04. The van der Waals surface area contributed by atoms with Gasteiger partial charge < -0.3 is 10.4 Å². The van der Waals surface area contributed by atoms with Crippen LogP contribution < -0.4 is 5.32 Å². The zero-order valence-electron chi connectivity index (χ0n) is 11.6. The molecule has 2 unspecified atom stereocenters. The lowest BCUT2D eigenvalue weighted by atomic mass is 9.81. The van der Waals surface area contributed by atoms with Crippen LogP contribution in [0.25, 0.3) is 0 Å². The second-order valence-corrected chi connectivity index (χ2v) is 5.81. The van der Waals surface area contributed by atoms with Crippen molar-refractivity contribution in [3.05, 3.63) is 0 Å². The van der Waals surface area contributed by atoms with Crippen molar-refractivity contribution in [2.24, 2.45) is 11.8 Å². The van der Waals surface area contributed by atoms with Gasteiger partial charge in [-0.3, -0.25) is 0 Å². The molecular weight excluding hydrogens is 210 g/mol. The third-order valence-electron chi connectivity index (χ3n) is 4.04. The van der Waals surface area contributed by atoms with Gasteiger partial charge in [0.2, 0.25) is 0 Å². The van der Waals surface area contributed by atoms with Crippen molar-refractivity contribution in [1.29, 1.82) is 0 Å². The van der Waals surface area contributed by atoms with Gasteiger partial charge in [0, 0.05) is 6.61 Å². The fraction of sp³-hybridized carbons (Fsp3) is 1.00. The van der Waals surface area contributed by atoms with Crippen molar-refractivity contribution in [2.45, 2.75) is 64.7 Å². The zero-order chi connectivity index (χ0) is 12.3. The molecule has 0 bridgehead atoms. The Bertz CT molecular complexity index is 172. The van der Waals surface area contributed by atoms with Gasteiger partial charge in [-0.25, -0.2) is 0 Å². The van der Waals surface area contributed by atoms with E-state index in [9.17, 15) is 0 Å². The Kier molecular flexibility index (Phi) is 8.72. The topological polar surface area (TPSA) is 32.3 Å². The molecule has 2 N–H and O–H groups in total. The first-order chi connectivity index (χ1) is 8.33. The van der Waals surface area contributed by atoms with E-state index in [1.165, 1.54) is 57.9 Å². The first-order valence-corrected chi connectivity index (χ1v) is 7.64. The van der Waals surface area contributed by atoms with Gasteiger partial charge in [-0.2, -0.15) is 0 Å². The molecule has 1 aliphatic rings. The Balaban J connectivity index is 1.83. The van der Waals surface area contributed by atoms with E-state index in [4.69, 9.17) is 5.11 Å². The predicted octanol–water partition coefficient (Wildman–Crippen LogP) is 3.35. The van der Waals surface area contributed by atoms with Crippen molar-refractivity contribution in [3.8, 4) is 0 Å². The molecule has 102 valence electrons. The van der Waals surface area contributed by atoms with Gasteiger partial charge in [-0.15, -0.1) is 0 Å². The number of aliphatic hydroxyl groups is 1. The Morgan fingerprint density at radius 2 is 1.88 bits per heavy atom. The van der Waals surface area contributed by atoms with E-state index < -0.39 is 0 Å². The van der Waals surface area contributed by atoms with Gasteiger partial charge in [0.05, 0.1) is 0 Å².